The van der Waals surface area contributed by atoms with Crippen molar-refractivity contribution in [1.82, 2.24) is 0 Å². The largest absolute Gasteiger partial charge is 0.478 e. The molecule has 1 aromatic rings. The van der Waals surface area contributed by atoms with Crippen molar-refractivity contribution in [2.75, 3.05) is 0 Å². The zero-order valence-corrected chi connectivity index (χ0v) is 6.55. The minimum atomic E-state index is -1.66. The number of carbonyl (C=O) groups is 3. The molecule has 7 heteroatoms. The summed E-state index contributed by atoms with van der Waals surface area (Å²) in [5.74, 6) is -5.74. The second kappa shape index (κ2) is 3.21. The molecule has 0 saturated heterocycles. The van der Waals surface area contributed by atoms with Gasteiger partial charge in [0, 0.05) is 0 Å². The standard InChI is InChI=1S/C7H4O7/c8-5(9)2-1-14-4(7(12)13)3(2)6(10)11/h1H,(H,8,9)(H,10,11)(H,12,13). The van der Waals surface area contributed by atoms with E-state index >= 15 is 0 Å². The van der Waals surface area contributed by atoms with E-state index in [2.05, 4.69) is 4.42 Å². The monoisotopic (exact) mass is 200 g/mol. The highest BCUT2D eigenvalue weighted by Gasteiger charge is 2.28. The molecular formula is C7H4O7. The Labute approximate surface area is 76.2 Å². The maximum absolute atomic E-state index is 10.5. The lowest BCUT2D eigenvalue weighted by molar-refractivity contribution is 0.0621. The van der Waals surface area contributed by atoms with Crippen molar-refractivity contribution in [1.29, 1.82) is 0 Å². The molecule has 74 valence electrons. The number of hydrogen-bond acceptors (Lipinski definition) is 4. The van der Waals surface area contributed by atoms with Crippen LogP contribution >= 0.6 is 0 Å². The first-order valence-electron chi connectivity index (χ1n) is 3.26. The summed E-state index contributed by atoms with van der Waals surface area (Å²) in [5.41, 5.74) is -1.54. The van der Waals surface area contributed by atoms with Gasteiger partial charge < -0.3 is 19.7 Å². The third kappa shape index (κ3) is 1.42. The molecule has 14 heavy (non-hydrogen) atoms. The van der Waals surface area contributed by atoms with E-state index in [0.29, 0.717) is 6.26 Å². The van der Waals surface area contributed by atoms with E-state index in [1.54, 1.807) is 0 Å². The summed E-state index contributed by atoms with van der Waals surface area (Å²) < 4.78 is 4.32. The molecular weight excluding hydrogens is 196 g/mol. The molecule has 1 rings (SSSR count). The molecule has 0 unspecified atom stereocenters. The van der Waals surface area contributed by atoms with E-state index < -0.39 is 34.8 Å². The second-order valence-corrected chi connectivity index (χ2v) is 2.27. The molecule has 0 radical (unpaired) electrons. The Morgan fingerprint density at radius 3 is 1.93 bits per heavy atom. The normalized spacial score (nSPS) is 9.71. The number of hydrogen-bond donors (Lipinski definition) is 3. The van der Waals surface area contributed by atoms with Crippen LogP contribution in [0.1, 0.15) is 31.3 Å². The SMILES string of the molecule is O=C(O)c1coc(C(=O)O)c1C(=O)O. The van der Waals surface area contributed by atoms with Gasteiger partial charge in [-0.3, -0.25) is 0 Å². The van der Waals surface area contributed by atoms with Crippen LogP contribution in [0.25, 0.3) is 0 Å². The molecule has 0 spiro atoms. The topological polar surface area (TPSA) is 125 Å². The van der Waals surface area contributed by atoms with Crippen molar-refractivity contribution in [3.8, 4) is 0 Å². The van der Waals surface area contributed by atoms with Crippen molar-refractivity contribution in [2.45, 2.75) is 0 Å². The van der Waals surface area contributed by atoms with Gasteiger partial charge in [-0.1, -0.05) is 0 Å². The van der Waals surface area contributed by atoms with Crippen molar-refractivity contribution >= 4 is 17.9 Å². The second-order valence-electron chi connectivity index (χ2n) is 2.27. The fourth-order valence-electron chi connectivity index (χ4n) is 0.885. The van der Waals surface area contributed by atoms with Crippen molar-refractivity contribution in [2.24, 2.45) is 0 Å². The van der Waals surface area contributed by atoms with E-state index in [0.717, 1.165) is 0 Å². The van der Waals surface area contributed by atoms with E-state index in [1.807, 2.05) is 0 Å². The average molecular weight is 200 g/mol. The molecule has 0 aliphatic heterocycles. The predicted octanol–water partition coefficient (Wildman–Crippen LogP) is 0.374. The molecule has 0 bridgehead atoms. The van der Waals surface area contributed by atoms with Gasteiger partial charge >= 0.3 is 17.9 Å². The van der Waals surface area contributed by atoms with Gasteiger partial charge in [0.15, 0.2) is 0 Å². The van der Waals surface area contributed by atoms with Gasteiger partial charge in [0.25, 0.3) is 0 Å². The Balaban J connectivity index is 3.42. The molecule has 1 aromatic heterocycles. The molecule has 0 atom stereocenters. The molecule has 7 nitrogen and oxygen atoms in total. The Hall–Kier alpha value is -2.31. The van der Waals surface area contributed by atoms with Crippen LogP contribution < -0.4 is 0 Å². The van der Waals surface area contributed by atoms with Gasteiger partial charge in [0.1, 0.15) is 17.4 Å². The number of furan rings is 1. The van der Waals surface area contributed by atoms with Gasteiger partial charge in [0.05, 0.1) is 0 Å². The lowest BCUT2D eigenvalue weighted by Crippen LogP contribution is -2.09. The summed E-state index contributed by atoms with van der Waals surface area (Å²) in [6, 6.07) is 0. The summed E-state index contributed by atoms with van der Waals surface area (Å²) >= 11 is 0. The van der Waals surface area contributed by atoms with E-state index in [9.17, 15) is 14.4 Å². The first kappa shape index (κ1) is 9.78. The predicted molar refractivity (Wildman–Crippen MR) is 39.6 cm³/mol. The molecule has 3 N–H and O–H groups in total. The fourth-order valence-corrected chi connectivity index (χ4v) is 0.885. The van der Waals surface area contributed by atoms with Gasteiger partial charge in [-0.25, -0.2) is 14.4 Å². The molecule has 0 amide bonds. The van der Waals surface area contributed by atoms with E-state index in [4.69, 9.17) is 15.3 Å². The maximum Gasteiger partial charge on any atom is 0.372 e. The molecule has 1 heterocycles. The molecule has 0 aliphatic carbocycles. The van der Waals surface area contributed by atoms with Crippen LogP contribution in [0.2, 0.25) is 0 Å². The quantitative estimate of drug-likeness (QED) is 0.643. The Morgan fingerprint density at radius 2 is 1.57 bits per heavy atom. The lowest BCUT2D eigenvalue weighted by atomic mass is 10.1. The van der Waals surface area contributed by atoms with Crippen LogP contribution in [0.3, 0.4) is 0 Å². The Bertz CT molecular complexity index is 382. The summed E-state index contributed by atoms with van der Waals surface area (Å²) in [7, 11) is 0. The van der Waals surface area contributed by atoms with E-state index in [1.165, 1.54) is 0 Å². The van der Waals surface area contributed by atoms with Crippen molar-refractivity contribution in [3.63, 3.8) is 0 Å². The van der Waals surface area contributed by atoms with E-state index in [-0.39, 0.29) is 0 Å². The highest BCUT2D eigenvalue weighted by Crippen LogP contribution is 2.17. The van der Waals surface area contributed by atoms with Crippen LogP contribution in [0.4, 0.5) is 0 Å². The molecule has 0 saturated carbocycles. The number of carboxylic acid groups (broad SMARTS) is 3. The minimum Gasteiger partial charge on any atom is -0.478 e. The van der Waals surface area contributed by atoms with Crippen molar-refractivity contribution < 1.29 is 34.1 Å². The summed E-state index contributed by atoms with van der Waals surface area (Å²) in [5, 5.41) is 25.5. The molecule has 0 aromatic carbocycles. The third-order valence-electron chi connectivity index (χ3n) is 1.43. The zero-order chi connectivity index (χ0) is 10.9. The summed E-state index contributed by atoms with van der Waals surface area (Å²) in [6.07, 6.45) is 0.579. The smallest absolute Gasteiger partial charge is 0.372 e. The van der Waals surface area contributed by atoms with Gasteiger partial charge in [0.2, 0.25) is 5.76 Å². The third-order valence-corrected chi connectivity index (χ3v) is 1.43. The van der Waals surface area contributed by atoms with Crippen LogP contribution in [0.5, 0.6) is 0 Å². The summed E-state index contributed by atoms with van der Waals surface area (Å²) in [4.78, 5) is 31.4. The summed E-state index contributed by atoms with van der Waals surface area (Å²) in [6.45, 7) is 0. The Morgan fingerprint density at radius 1 is 1.00 bits per heavy atom. The first-order chi connectivity index (χ1) is 6.45. The zero-order valence-electron chi connectivity index (χ0n) is 6.55. The molecule has 0 fully saturated rings. The van der Waals surface area contributed by atoms with Crippen LogP contribution in [-0.4, -0.2) is 33.2 Å². The van der Waals surface area contributed by atoms with Gasteiger partial charge in [-0.15, -0.1) is 0 Å². The Kier molecular flexibility index (Phi) is 2.24. The first-order valence-corrected chi connectivity index (χ1v) is 3.26. The fraction of sp³-hybridized carbons (Fsp3) is 0. The van der Waals surface area contributed by atoms with Crippen LogP contribution in [0.15, 0.2) is 10.7 Å². The van der Waals surface area contributed by atoms with Gasteiger partial charge in [-0.2, -0.15) is 0 Å². The van der Waals surface area contributed by atoms with Crippen molar-refractivity contribution in [3.05, 3.63) is 23.2 Å². The maximum atomic E-state index is 10.5. The highest BCUT2D eigenvalue weighted by atomic mass is 16.4. The number of aromatic carboxylic acids is 3. The average Bonchev–Trinajstić information content (AvgIpc) is 2.46. The number of carboxylic acids is 3. The van der Waals surface area contributed by atoms with Gasteiger partial charge in [-0.05, 0) is 0 Å². The minimum absolute atomic E-state index is 0.579. The van der Waals surface area contributed by atoms with Crippen LogP contribution in [-0.2, 0) is 0 Å². The highest BCUT2D eigenvalue weighted by molar-refractivity contribution is 6.07. The lowest BCUT2D eigenvalue weighted by Gasteiger charge is -1.92. The molecule has 0 aliphatic rings. The van der Waals surface area contributed by atoms with Crippen LogP contribution in [0, 0.1) is 0 Å². The number of rotatable bonds is 3.